The van der Waals surface area contributed by atoms with Gasteiger partial charge in [0.1, 0.15) is 56.1 Å². The summed E-state index contributed by atoms with van der Waals surface area (Å²) in [7, 11) is 17.1. The standard InChI is InChI=1S/C33H31N2O.2C28H23N2O.C26H23N2/c1-21-23(29-20-19-26-25-13-7-9-18-30(25)36-33(26)35(29)3)15-10-16-24(21)32-31(22-11-4-5-12-22)27-14-6-8-17-28(27)34(32)2;1-18-21(25-16-19-10-4-6-12-23(19)30(25)3)17-22-20-11-5-7-14-26(20)31-28(22)27(18)24-13-8-9-15-29(24)2;1-18-21(24-16-19-10-4-6-12-22(19)30(24)3)17-26-28(20-11-5-7-14-25(20)31-26)27(18)23-13-8-9-15-29(23)2;1-18-22(24-13-6-7-14-27(24)2)11-8-12-23(18)26-17-21-15-19-9-4-5-10-20(19)16-25(21)28(26)3/h6-10,13-20,22H,4-5,11-12H2,1-3H3;2*4-17H,1-3H3;4-17H,1-3H3/q4*+1. The molecule has 1 saturated carbocycles. The Morgan fingerprint density at radius 1 is 0.286 bits per heavy atom. The molecule has 11 nitrogen and oxygen atoms in total. The lowest BCUT2D eigenvalue weighted by atomic mass is 9.89. The largest absolute Gasteiger partial charge is 0.456 e. The van der Waals surface area contributed by atoms with Crippen LogP contribution >= 0.6 is 0 Å². The number of aromatic nitrogens is 8. The number of fused-ring (bicyclic) bond motifs is 14. The molecular weight excluding hydrogens is 1540 g/mol. The van der Waals surface area contributed by atoms with E-state index in [-0.39, 0.29) is 0 Å². The normalized spacial score (nSPS) is 12.4. The van der Waals surface area contributed by atoms with Gasteiger partial charge in [-0.25, -0.2) is 13.7 Å². The zero-order valence-electron chi connectivity index (χ0n) is 73.5. The third-order valence-corrected chi connectivity index (χ3v) is 27.2. The SMILES string of the molecule is Cc1c(-c2c(C3CCCC3)c3ccccc3n2C)cccc1-c1ccc2c3ccccc3oc2[n+]1C.Cc1c(-c2cc3cc4ccccc4cc3n2C)cccc1-c1cccc[n+]1C.Cc1c(-c2cc3ccccc3n2C)cc2c(oc3ccccc32)c1-c1cccc[n+]1C.Cc1c(-c2cc3ccccc3n2C)cc2oc3ccccc3c2c1-c1cccc[n+]1C. The zero-order chi connectivity index (χ0) is 85.9. The quantitative estimate of drug-likeness (QED) is 0.135. The van der Waals surface area contributed by atoms with Gasteiger partial charge in [0, 0.05) is 192 Å². The van der Waals surface area contributed by atoms with Crippen molar-refractivity contribution in [1.29, 1.82) is 0 Å². The van der Waals surface area contributed by atoms with Crippen LogP contribution in [0, 0.1) is 27.7 Å². The first kappa shape index (κ1) is 78.3. The van der Waals surface area contributed by atoms with Gasteiger partial charge in [-0.05, 0) is 200 Å². The summed E-state index contributed by atoms with van der Waals surface area (Å²) in [6.45, 7) is 8.95. The van der Waals surface area contributed by atoms with E-state index in [0.29, 0.717) is 5.92 Å². The summed E-state index contributed by atoms with van der Waals surface area (Å²) in [6.07, 6.45) is 11.5. The van der Waals surface area contributed by atoms with Gasteiger partial charge in [-0.3, -0.25) is 0 Å². The number of benzene rings is 12. The van der Waals surface area contributed by atoms with Gasteiger partial charge in [0.15, 0.2) is 18.6 Å². The van der Waals surface area contributed by atoms with Crippen molar-refractivity contribution in [3.8, 4) is 90.1 Å². The highest BCUT2D eigenvalue weighted by Gasteiger charge is 2.32. The molecule has 0 spiro atoms. The van der Waals surface area contributed by atoms with Crippen LogP contribution in [0.1, 0.15) is 59.4 Å². The predicted molar refractivity (Wildman–Crippen MR) is 519 cm³/mol. The second-order valence-electron chi connectivity index (χ2n) is 34.4. The predicted octanol–water partition coefficient (Wildman–Crippen LogP) is 27.1. The van der Waals surface area contributed by atoms with Crippen molar-refractivity contribution in [3.63, 3.8) is 0 Å². The van der Waals surface area contributed by atoms with Crippen LogP contribution in [-0.4, -0.2) is 18.3 Å². The number of furan rings is 3. The monoisotopic (exact) mass is 1640 g/mol. The van der Waals surface area contributed by atoms with Crippen molar-refractivity contribution >= 4 is 120 Å². The molecule has 126 heavy (non-hydrogen) atoms. The molecule has 0 bridgehead atoms. The fourth-order valence-corrected chi connectivity index (χ4v) is 20.7. The molecule has 0 aliphatic heterocycles. The molecule has 1 aliphatic carbocycles. The minimum Gasteiger partial charge on any atom is -0.456 e. The summed E-state index contributed by atoms with van der Waals surface area (Å²) in [4.78, 5) is 0. The van der Waals surface area contributed by atoms with Gasteiger partial charge in [-0.2, -0.15) is 4.57 Å². The first-order valence-corrected chi connectivity index (χ1v) is 43.9. The van der Waals surface area contributed by atoms with Crippen LogP contribution in [0.15, 0.2) is 347 Å². The molecule has 11 heteroatoms. The van der Waals surface area contributed by atoms with Crippen molar-refractivity contribution in [2.24, 2.45) is 56.4 Å². The summed E-state index contributed by atoms with van der Waals surface area (Å²) < 4.78 is 37.2. The lowest BCUT2D eigenvalue weighted by molar-refractivity contribution is -0.660. The molecule has 0 unspecified atom stereocenters. The first-order chi connectivity index (χ1) is 61.5. The Morgan fingerprint density at radius 2 is 0.738 bits per heavy atom. The zero-order valence-corrected chi connectivity index (χ0v) is 73.5. The average molecular weight is 1640 g/mol. The van der Waals surface area contributed by atoms with Gasteiger partial charge in [0.05, 0.1) is 22.2 Å². The Labute approximate surface area is 733 Å². The number of aryl methyl sites for hydroxylation is 8. The highest BCUT2D eigenvalue weighted by molar-refractivity contribution is 6.15. The van der Waals surface area contributed by atoms with Crippen LogP contribution in [0.3, 0.4) is 0 Å². The number of nitrogens with zero attached hydrogens (tertiary/aromatic N) is 8. The first-order valence-electron chi connectivity index (χ1n) is 43.9. The molecule has 0 amide bonds. The Hall–Kier alpha value is -14.9. The third-order valence-electron chi connectivity index (χ3n) is 27.2. The lowest BCUT2D eigenvalue weighted by Gasteiger charge is -2.17. The fourth-order valence-electron chi connectivity index (χ4n) is 20.7. The molecule has 1 fully saturated rings. The van der Waals surface area contributed by atoms with Gasteiger partial charge >= 0.3 is 5.71 Å². The molecule has 0 N–H and O–H groups in total. The van der Waals surface area contributed by atoms with E-state index in [9.17, 15) is 0 Å². The van der Waals surface area contributed by atoms with Crippen LogP contribution in [-0.2, 0) is 56.4 Å². The van der Waals surface area contributed by atoms with Crippen LogP contribution in [0.4, 0.5) is 0 Å². The Bertz CT molecular complexity index is 8280. The topological polar surface area (TPSA) is 74.7 Å². The minimum atomic E-state index is 0.636. The van der Waals surface area contributed by atoms with Crippen molar-refractivity contribution < 1.29 is 31.5 Å². The number of para-hydroxylation sites is 6. The number of pyridine rings is 4. The number of rotatable bonds is 9. The fraction of sp³-hybridized carbons (Fsp3) is 0.148. The van der Waals surface area contributed by atoms with Crippen molar-refractivity contribution in [3.05, 3.63) is 362 Å². The Morgan fingerprint density at radius 3 is 1.36 bits per heavy atom. The van der Waals surface area contributed by atoms with E-state index >= 15 is 0 Å². The van der Waals surface area contributed by atoms with E-state index in [0.717, 1.165) is 71.8 Å². The van der Waals surface area contributed by atoms with Gasteiger partial charge < -0.3 is 31.5 Å². The van der Waals surface area contributed by atoms with E-state index in [1.807, 2.05) is 24.3 Å². The van der Waals surface area contributed by atoms with E-state index in [2.05, 4.69) is 430 Å². The van der Waals surface area contributed by atoms with E-state index in [4.69, 9.17) is 13.3 Å². The molecule has 23 aromatic rings. The van der Waals surface area contributed by atoms with Crippen LogP contribution in [0.25, 0.3) is 210 Å². The minimum absolute atomic E-state index is 0.636. The number of hydrogen-bond acceptors (Lipinski definition) is 3. The van der Waals surface area contributed by atoms with Crippen LogP contribution in [0.5, 0.6) is 0 Å². The van der Waals surface area contributed by atoms with Crippen molar-refractivity contribution in [1.82, 2.24) is 18.3 Å². The second-order valence-corrected chi connectivity index (χ2v) is 34.4. The summed E-state index contributed by atoms with van der Waals surface area (Å²) >= 11 is 0. The lowest BCUT2D eigenvalue weighted by Crippen LogP contribution is -2.31. The van der Waals surface area contributed by atoms with Crippen molar-refractivity contribution in [2.45, 2.75) is 59.3 Å². The Kier molecular flexibility index (Phi) is 19.7. The van der Waals surface area contributed by atoms with Gasteiger partial charge in [-0.1, -0.05) is 171 Å². The maximum Gasteiger partial charge on any atom is 0.381 e. The van der Waals surface area contributed by atoms with Gasteiger partial charge in [0.2, 0.25) is 22.8 Å². The van der Waals surface area contributed by atoms with E-state index < -0.39 is 0 Å². The molecule has 12 aromatic carbocycles. The van der Waals surface area contributed by atoms with Crippen molar-refractivity contribution in [2.75, 3.05) is 0 Å². The molecule has 614 valence electrons. The van der Waals surface area contributed by atoms with Gasteiger partial charge in [0.25, 0.3) is 0 Å². The smallest absolute Gasteiger partial charge is 0.381 e. The maximum absolute atomic E-state index is 6.43. The highest BCUT2D eigenvalue weighted by atomic mass is 16.3. The molecule has 0 radical (unpaired) electrons. The van der Waals surface area contributed by atoms with E-state index in [1.54, 1.807) is 5.56 Å². The molecule has 0 atom stereocenters. The third kappa shape index (κ3) is 13.2. The highest BCUT2D eigenvalue weighted by Crippen LogP contribution is 2.49. The molecule has 1 aliphatic rings. The molecule has 11 heterocycles. The summed E-state index contributed by atoms with van der Waals surface area (Å²) in [5.41, 5.74) is 37.0. The van der Waals surface area contributed by atoms with Gasteiger partial charge in [-0.15, -0.1) is 0 Å². The number of hydrogen-bond donors (Lipinski definition) is 0. The summed E-state index contributed by atoms with van der Waals surface area (Å²) in [5.74, 6) is 0.636. The molecular formula is C115H100N8O3+4. The molecule has 0 saturated heterocycles. The van der Waals surface area contributed by atoms with E-state index in [1.165, 1.54) is 187 Å². The van der Waals surface area contributed by atoms with Crippen LogP contribution in [0.2, 0.25) is 0 Å². The average Bonchev–Trinajstić information content (AvgIpc) is 1.57. The molecule has 24 rings (SSSR count). The summed E-state index contributed by atoms with van der Waals surface area (Å²) in [6, 6.07) is 112. The van der Waals surface area contributed by atoms with Crippen LogP contribution < -0.4 is 18.3 Å². The second kappa shape index (κ2) is 31.7. The maximum atomic E-state index is 6.43. The summed E-state index contributed by atoms with van der Waals surface area (Å²) in [5, 5.41) is 14.7. The Balaban J connectivity index is 0.000000103. The molecule has 11 aromatic heterocycles.